The summed E-state index contributed by atoms with van der Waals surface area (Å²) in [6.45, 7) is 5.95. The van der Waals surface area contributed by atoms with Gasteiger partial charge in [-0.1, -0.05) is 32.0 Å². The van der Waals surface area contributed by atoms with Crippen LogP contribution in [0.2, 0.25) is 0 Å². The van der Waals surface area contributed by atoms with E-state index in [-0.39, 0.29) is 24.0 Å². The van der Waals surface area contributed by atoms with Crippen molar-refractivity contribution in [1.82, 2.24) is 20.4 Å². The largest absolute Gasteiger partial charge is 0.356 e. The lowest BCUT2D eigenvalue weighted by atomic mass is 10.1. The first-order chi connectivity index (χ1) is 12.2. The maximum Gasteiger partial charge on any atom is 0.191 e. The Bertz CT molecular complexity index is 685. The molecule has 0 amide bonds. The number of nitrogens with one attached hydrogen (secondary N) is 2. The van der Waals surface area contributed by atoms with E-state index in [1.165, 1.54) is 21.8 Å². The molecule has 0 saturated carbocycles. The molecule has 0 spiro atoms. The number of aryl methyl sites for hydroxylation is 2. The second kappa shape index (κ2) is 12.2. The van der Waals surface area contributed by atoms with Gasteiger partial charge < -0.3 is 10.6 Å². The predicted octanol–water partition coefficient (Wildman–Crippen LogP) is 3.62. The number of hydrogen-bond donors (Lipinski definition) is 2. The lowest BCUT2D eigenvalue weighted by molar-refractivity contribution is 0.702. The van der Waals surface area contributed by atoms with Crippen LogP contribution < -0.4 is 10.6 Å². The minimum atomic E-state index is 0. The van der Waals surface area contributed by atoms with Crippen molar-refractivity contribution in [2.45, 2.75) is 38.1 Å². The first-order valence-electron chi connectivity index (χ1n) is 8.85. The fourth-order valence-electron chi connectivity index (χ4n) is 2.84. The lowest BCUT2D eigenvalue weighted by Crippen LogP contribution is -2.38. The smallest absolute Gasteiger partial charge is 0.191 e. The quantitative estimate of drug-likeness (QED) is 0.196. The number of halogens is 1. The maximum atomic E-state index is 4.63. The van der Waals surface area contributed by atoms with E-state index in [0.717, 1.165) is 37.6 Å². The normalized spacial score (nSPS) is 11.2. The number of aromatic nitrogens is 2. The third kappa shape index (κ3) is 6.50. The molecule has 0 unspecified atom stereocenters. The molecule has 26 heavy (non-hydrogen) atoms. The van der Waals surface area contributed by atoms with E-state index < -0.39 is 0 Å². The molecule has 1 aromatic carbocycles. The standard InChI is InChI=1S/C19H29N5S.HI/c1-5-17-16(18(6-2)24(4)23-17)14-22-19(20-3)21-12-13-25-15-10-8-7-9-11-15;/h7-11H,5-6,12-14H2,1-4H3,(H2,20,21,22);1H. The summed E-state index contributed by atoms with van der Waals surface area (Å²) in [7, 11) is 3.83. The molecule has 7 heteroatoms. The molecule has 0 saturated heterocycles. The van der Waals surface area contributed by atoms with E-state index in [2.05, 4.69) is 58.8 Å². The molecule has 0 aliphatic heterocycles. The molecule has 2 N–H and O–H groups in total. The van der Waals surface area contributed by atoms with Gasteiger partial charge in [0.1, 0.15) is 0 Å². The Morgan fingerprint density at radius 2 is 1.88 bits per heavy atom. The molecule has 0 radical (unpaired) electrons. The number of guanidine groups is 1. The Balaban J connectivity index is 0.00000338. The fraction of sp³-hybridized carbons (Fsp3) is 0.474. The Morgan fingerprint density at radius 3 is 2.50 bits per heavy atom. The van der Waals surface area contributed by atoms with E-state index in [4.69, 9.17) is 0 Å². The molecule has 0 fully saturated rings. The van der Waals surface area contributed by atoms with Gasteiger partial charge in [0.25, 0.3) is 0 Å². The SMILES string of the molecule is CCc1nn(C)c(CC)c1CNC(=NC)NCCSc1ccccc1.I. The van der Waals surface area contributed by atoms with Gasteiger partial charge in [-0.05, 0) is 25.0 Å². The van der Waals surface area contributed by atoms with Crippen molar-refractivity contribution in [3.8, 4) is 0 Å². The Morgan fingerprint density at radius 1 is 1.15 bits per heavy atom. The molecule has 1 aromatic heterocycles. The van der Waals surface area contributed by atoms with Gasteiger partial charge in [0.15, 0.2) is 5.96 Å². The summed E-state index contributed by atoms with van der Waals surface area (Å²) in [5.74, 6) is 1.83. The lowest BCUT2D eigenvalue weighted by Gasteiger charge is -2.13. The van der Waals surface area contributed by atoms with Gasteiger partial charge >= 0.3 is 0 Å². The predicted molar refractivity (Wildman–Crippen MR) is 123 cm³/mol. The number of benzene rings is 1. The van der Waals surface area contributed by atoms with E-state index in [1.54, 1.807) is 0 Å². The van der Waals surface area contributed by atoms with Crippen LogP contribution in [0, 0.1) is 0 Å². The second-order valence-corrected chi connectivity index (χ2v) is 6.89. The van der Waals surface area contributed by atoms with Crippen LogP contribution in [0.1, 0.15) is 30.8 Å². The molecule has 0 aliphatic rings. The van der Waals surface area contributed by atoms with E-state index >= 15 is 0 Å². The summed E-state index contributed by atoms with van der Waals surface area (Å²) in [6, 6.07) is 10.5. The summed E-state index contributed by atoms with van der Waals surface area (Å²) in [4.78, 5) is 5.62. The van der Waals surface area contributed by atoms with Crippen molar-refractivity contribution in [2.75, 3.05) is 19.3 Å². The highest BCUT2D eigenvalue weighted by Gasteiger charge is 2.13. The van der Waals surface area contributed by atoms with Gasteiger partial charge in [-0.15, -0.1) is 35.7 Å². The molecule has 0 aliphatic carbocycles. The molecule has 144 valence electrons. The Labute approximate surface area is 178 Å². The zero-order valence-electron chi connectivity index (χ0n) is 16.1. The minimum absolute atomic E-state index is 0. The Hall–Kier alpha value is -1.22. The second-order valence-electron chi connectivity index (χ2n) is 5.72. The molecule has 0 bridgehead atoms. The van der Waals surface area contributed by atoms with Crippen LogP contribution in [-0.4, -0.2) is 35.1 Å². The monoisotopic (exact) mass is 487 g/mol. The number of rotatable bonds is 8. The van der Waals surface area contributed by atoms with Crippen molar-refractivity contribution >= 4 is 41.7 Å². The van der Waals surface area contributed by atoms with Crippen LogP contribution in [0.5, 0.6) is 0 Å². The van der Waals surface area contributed by atoms with Gasteiger partial charge in [-0.3, -0.25) is 9.67 Å². The summed E-state index contributed by atoms with van der Waals surface area (Å²) >= 11 is 1.84. The fourth-order valence-corrected chi connectivity index (χ4v) is 3.63. The first-order valence-corrected chi connectivity index (χ1v) is 9.84. The van der Waals surface area contributed by atoms with Gasteiger partial charge in [0.05, 0.1) is 5.69 Å². The van der Waals surface area contributed by atoms with E-state index in [0.29, 0.717) is 0 Å². The highest BCUT2D eigenvalue weighted by Crippen LogP contribution is 2.16. The number of hydrogen-bond acceptors (Lipinski definition) is 3. The van der Waals surface area contributed by atoms with Crippen LogP contribution in [-0.2, 0) is 26.4 Å². The van der Waals surface area contributed by atoms with Crippen molar-refractivity contribution in [3.63, 3.8) is 0 Å². The third-order valence-corrected chi connectivity index (χ3v) is 5.10. The van der Waals surface area contributed by atoms with Crippen molar-refractivity contribution < 1.29 is 0 Å². The topological polar surface area (TPSA) is 54.2 Å². The summed E-state index contributed by atoms with van der Waals surface area (Å²) < 4.78 is 2.00. The molecule has 2 rings (SSSR count). The molecule has 2 aromatic rings. The molecule has 0 atom stereocenters. The van der Waals surface area contributed by atoms with E-state index in [9.17, 15) is 0 Å². The van der Waals surface area contributed by atoms with Gasteiger partial charge in [0, 0.05) is 49.1 Å². The minimum Gasteiger partial charge on any atom is -0.356 e. The van der Waals surface area contributed by atoms with Crippen molar-refractivity contribution in [1.29, 1.82) is 0 Å². The van der Waals surface area contributed by atoms with Crippen LogP contribution in [0.15, 0.2) is 40.2 Å². The molecule has 1 heterocycles. The van der Waals surface area contributed by atoms with Crippen LogP contribution in [0.4, 0.5) is 0 Å². The number of aliphatic imine (C=N–C) groups is 1. The van der Waals surface area contributed by atoms with E-state index in [1.807, 2.05) is 36.6 Å². The average molecular weight is 487 g/mol. The zero-order valence-corrected chi connectivity index (χ0v) is 19.2. The van der Waals surface area contributed by atoms with Crippen molar-refractivity contribution in [3.05, 3.63) is 47.3 Å². The summed E-state index contributed by atoms with van der Waals surface area (Å²) in [5.41, 5.74) is 3.76. The number of thioether (sulfide) groups is 1. The van der Waals surface area contributed by atoms with Gasteiger partial charge in [0.2, 0.25) is 0 Å². The van der Waals surface area contributed by atoms with Crippen LogP contribution >= 0.6 is 35.7 Å². The average Bonchev–Trinajstić information content (AvgIpc) is 2.96. The highest BCUT2D eigenvalue weighted by atomic mass is 127. The van der Waals surface area contributed by atoms with Gasteiger partial charge in [-0.2, -0.15) is 5.10 Å². The Kier molecular flexibility index (Phi) is 10.7. The van der Waals surface area contributed by atoms with Crippen LogP contribution in [0.3, 0.4) is 0 Å². The molecular weight excluding hydrogens is 457 g/mol. The maximum absolute atomic E-state index is 4.63. The third-order valence-electron chi connectivity index (χ3n) is 4.09. The summed E-state index contributed by atoms with van der Waals surface area (Å²) in [5, 5.41) is 11.4. The first kappa shape index (κ1) is 22.8. The molecule has 5 nitrogen and oxygen atoms in total. The van der Waals surface area contributed by atoms with Crippen molar-refractivity contribution in [2.24, 2.45) is 12.0 Å². The van der Waals surface area contributed by atoms with Crippen LogP contribution in [0.25, 0.3) is 0 Å². The zero-order chi connectivity index (χ0) is 18.1. The highest BCUT2D eigenvalue weighted by molar-refractivity contribution is 14.0. The number of nitrogens with zero attached hydrogens (tertiary/aromatic N) is 3. The van der Waals surface area contributed by atoms with Gasteiger partial charge in [-0.25, -0.2) is 0 Å². The summed E-state index contributed by atoms with van der Waals surface area (Å²) in [6.07, 6.45) is 1.94. The molecular formula is C19H30IN5S.